The van der Waals surface area contributed by atoms with Crippen molar-refractivity contribution < 1.29 is 9.53 Å². The number of carbonyl (C=O) groups excluding carboxylic acids is 1. The molecule has 0 aliphatic carbocycles. The summed E-state index contributed by atoms with van der Waals surface area (Å²) in [6, 6.07) is 18.0. The summed E-state index contributed by atoms with van der Waals surface area (Å²) in [5, 5.41) is 2.88. The minimum absolute atomic E-state index is 0.0101. The minimum atomic E-state index is 0.0101. The van der Waals surface area contributed by atoms with Gasteiger partial charge in [0, 0.05) is 6.54 Å². The van der Waals surface area contributed by atoms with Gasteiger partial charge >= 0.3 is 0 Å². The van der Waals surface area contributed by atoms with E-state index in [4.69, 9.17) is 4.74 Å². The molecule has 0 aromatic heterocycles. The van der Waals surface area contributed by atoms with Crippen molar-refractivity contribution in [1.29, 1.82) is 0 Å². The molecule has 0 bridgehead atoms. The van der Waals surface area contributed by atoms with Gasteiger partial charge in [-0.05, 0) is 31.7 Å². The smallest absolute Gasteiger partial charge is 0.234 e. The molecule has 0 radical (unpaired) electrons. The van der Waals surface area contributed by atoms with Crippen molar-refractivity contribution in [3.63, 3.8) is 0 Å². The Kier molecular flexibility index (Phi) is 6.63. The highest BCUT2D eigenvalue weighted by Gasteiger charge is 2.06. The van der Waals surface area contributed by atoms with Crippen LogP contribution in [0.4, 0.5) is 0 Å². The fourth-order valence-corrected chi connectivity index (χ4v) is 2.25. The quantitative estimate of drug-likeness (QED) is 0.762. The second kappa shape index (κ2) is 8.96. The Hall–Kier alpha value is -2.33. The summed E-state index contributed by atoms with van der Waals surface area (Å²) in [4.78, 5) is 13.9. The Balaban J connectivity index is 1.62. The van der Waals surface area contributed by atoms with Crippen molar-refractivity contribution in [2.45, 2.75) is 13.5 Å². The van der Waals surface area contributed by atoms with Crippen LogP contribution in [0.15, 0.2) is 54.6 Å². The number of likely N-dealkylation sites (N-methyl/N-ethyl adjacent to an activating group) is 1. The monoisotopic (exact) mass is 312 g/mol. The lowest BCUT2D eigenvalue weighted by atomic mass is 10.2. The standard InChI is InChI=1S/C19H24N2O2/c1-16-8-10-18(11-9-16)23-13-12-20-19(22)15-21(2)14-17-6-4-3-5-7-17/h3-11H,12-15H2,1-2H3,(H,20,22). The van der Waals surface area contributed by atoms with Gasteiger partial charge in [0.2, 0.25) is 5.91 Å². The molecule has 1 amide bonds. The van der Waals surface area contributed by atoms with Gasteiger partial charge in [-0.2, -0.15) is 0 Å². The molecule has 0 aliphatic heterocycles. The molecule has 0 saturated heterocycles. The average molecular weight is 312 g/mol. The number of hydrogen-bond acceptors (Lipinski definition) is 3. The molecule has 0 heterocycles. The number of aryl methyl sites for hydroxylation is 1. The zero-order valence-corrected chi connectivity index (χ0v) is 13.8. The zero-order chi connectivity index (χ0) is 16.5. The molecule has 0 fully saturated rings. The van der Waals surface area contributed by atoms with Gasteiger partial charge in [-0.3, -0.25) is 9.69 Å². The minimum Gasteiger partial charge on any atom is -0.492 e. The van der Waals surface area contributed by atoms with Crippen LogP contribution in [-0.4, -0.2) is 37.6 Å². The molecule has 2 aromatic carbocycles. The molecule has 0 unspecified atom stereocenters. The second-order valence-corrected chi connectivity index (χ2v) is 5.67. The van der Waals surface area contributed by atoms with Crippen molar-refractivity contribution in [3.8, 4) is 5.75 Å². The van der Waals surface area contributed by atoms with Crippen molar-refractivity contribution in [2.24, 2.45) is 0 Å². The third kappa shape index (κ3) is 6.53. The first-order valence-electron chi connectivity index (χ1n) is 7.82. The van der Waals surface area contributed by atoms with E-state index in [-0.39, 0.29) is 5.91 Å². The van der Waals surface area contributed by atoms with Crippen molar-refractivity contribution in [1.82, 2.24) is 10.2 Å². The first kappa shape index (κ1) is 17.0. The molecule has 23 heavy (non-hydrogen) atoms. The van der Waals surface area contributed by atoms with Gasteiger partial charge in [-0.25, -0.2) is 0 Å². The summed E-state index contributed by atoms with van der Waals surface area (Å²) in [5.74, 6) is 0.835. The number of nitrogens with zero attached hydrogens (tertiary/aromatic N) is 1. The Morgan fingerprint density at radius 1 is 1.09 bits per heavy atom. The Morgan fingerprint density at radius 3 is 2.48 bits per heavy atom. The van der Waals surface area contributed by atoms with Gasteiger partial charge < -0.3 is 10.1 Å². The Labute approximate surface area is 138 Å². The van der Waals surface area contributed by atoms with Crippen molar-refractivity contribution in [2.75, 3.05) is 26.7 Å². The van der Waals surface area contributed by atoms with Crippen LogP contribution in [0.2, 0.25) is 0 Å². The Bertz CT molecular complexity index is 597. The predicted octanol–water partition coefficient (Wildman–Crippen LogP) is 2.62. The molecule has 122 valence electrons. The maximum absolute atomic E-state index is 11.9. The molecule has 0 aliphatic rings. The lowest BCUT2D eigenvalue weighted by Gasteiger charge is -2.16. The first-order chi connectivity index (χ1) is 11.1. The van der Waals surface area contributed by atoms with Crippen molar-refractivity contribution in [3.05, 3.63) is 65.7 Å². The van der Waals surface area contributed by atoms with Gasteiger partial charge in [0.05, 0.1) is 13.1 Å². The summed E-state index contributed by atoms with van der Waals surface area (Å²) in [6.45, 7) is 4.15. The Morgan fingerprint density at radius 2 is 1.78 bits per heavy atom. The number of rotatable bonds is 8. The highest BCUT2D eigenvalue weighted by Crippen LogP contribution is 2.10. The van der Waals surface area contributed by atoms with E-state index in [1.54, 1.807) is 0 Å². The van der Waals surface area contributed by atoms with E-state index >= 15 is 0 Å². The normalized spacial score (nSPS) is 10.6. The van der Waals surface area contributed by atoms with Crippen LogP contribution >= 0.6 is 0 Å². The largest absolute Gasteiger partial charge is 0.492 e. The lowest BCUT2D eigenvalue weighted by Crippen LogP contribution is -2.36. The van der Waals surface area contributed by atoms with E-state index in [1.807, 2.05) is 61.3 Å². The third-order valence-corrected chi connectivity index (χ3v) is 3.42. The fraction of sp³-hybridized carbons (Fsp3) is 0.316. The number of ether oxygens (including phenoxy) is 1. The van der Waals surface area contributed by atoms with E-state index in [0.29, 0.717) is 19.7 Å². The van der Waals surface area contributed by atoms with Crippen LogP contribution in [0.25, 0.3) is 0 Å². The summed E-state index contributed by atoms with van der Waals surface area (Å²) in [5.41, 5.74) is 2.40. The molecule has 1 N–H and O–H groups in total. The number of nitrogens with one attached hydrogen (secondary N) is 1. The fourth-order valence-electron chi connectivity index (χ4n) is 2.25. The van der Waals surface area contributed by atoms with E-state index in [1.165, 1.54) is 11.1 Å². The van der Waals surface area contributed by atoms with E-state index in [9.17, 15) is 4.79 Å². The molecule has 2 aromatic rings. The zero-order valence-electron chi connectivity index (χ0n) is 13.8. The van der Waals surface area contributed by atoms with Gasteiger partial charge in [0.1, 0.15) is 12.4 Å². The maximum atomic E-state index is 11.9. The van der Waals surface area contributed by atoms with E-state index in [0.717, 1.165) is 12.3 Å². The molecule has 0 saturated carbocycles. The third-order valence-electron chi connectivity index (χ3n) is 3.42. The highest BCUT2D eigenvalue weighted by molar-refractivity contribution is 5.77. The molecule has 0 spiro atoms. The van der Waals surface area contributed by atoms with Crippen LogP contribution in [0.5, 0.6) is 5.75 Å². The van der Waals surface area contributed by atoms with Gasteiger partial charge in [-0.15, -0.1) is 0 Å². The molecule has 4 heteroatoms. The van der Waals surface area contributed by atoms with Crippen LogP contribution in [0.3, 0.4) is 0 Å². The highest BCUT2D eigenvalue weighted by atomic mass is 16.5. The number of amides is 1. The number of hydrogen-bond donors (Lipinski definition) is 1. The number of carbonyl (C=O) groups is 1. The number of benzene rings is 2. The molecule has 2 rings (SSSR count). The van der Waals surface area contributed by atoms with E-state index in [2.05, 4.69) is 17.4 Å². The van der Waals surface area contributed by atoms with Gasteiger partial charge in [0.15, 0.2) is 0 Å². The maximum Gasteiger partial charge on any atom is 0.234 e. The van der Waals surface area contributed by atoms with Crippen LogP contribution in [0, 0.1) is 6.92 Å². The van der Waals surface area contributed by atoms with Gasteiger partial charge in [-0.1, -0.05) is 48.0 Å². The summed E-state index contributed by atoms with van der Waals surface area (Å²) < 4.78 is 5.58. The van der Waals surface area contributed by atoms with E-state index < -0.39 is 0 Å². The molecule has 4 nitrogen and oxygen atoms in total. The van der Waals surface area contributed by atoms with Crippen LogP contribution < -0.4 is 10.1 Å². The SMILES string of the molecule is Cc1ccc(OCCNC(=O)CN(C)Cc2ccccc2)cc1. The first-order valence-corrected chi connectivity index (χ1v) is 7.82. The molecule has 0 atom stereocenters. The summed E-state index contributed by atoms with van der Waals surface area (Å²) >= 11 is 0. The predicted molar refractivity (Wildman–Crippen MR) is 92.5 cm³/mol. The second-order valence-electron chi connectivity index (χ2n) is 5.67. The molecular weight excluding hydrogens is 288 g/mol. The van der Waals surface area contributed by atoms with Crippen LogP contribution in [-0.2, 0) is 11.3 Å². The summed E-state index contributed by atoms with van der Waals surface area (Å²) in [6.07, 6.45) is 0. The molecular formula is C19H24N2O2. The topological polar surface area (TPSA) is 41.6 Å². The van der Waals surface area contributed by atoms with Gasteiger partial charge in [0.25, 0.3) is 0 Å². The summed E-state index contributed by atoms with van der Waals surface area (Å²) in [7, 11) is 1.94. The lowest BCUT2D eigenvalue weighted by molar-refractivity contribution is -0.122. The van der Waals surface area contributed by atoms with Crippen molar-refractivity contribution >= 4 is 5.91 Å². The average Bonchev–Trinajstić information content (AvgIpc) is 2.54. The van der Waals surface area contributed by atoms with Crippen LogP contribution in [0.1, 0.15) is 11.1 Å².